The fourth-order valence-electron chi connectivity index (χ4n) is 3.22. The van der Waals surface area contributed by atoms with E-state index in [1.165, 1.54) is 25.3 Å². The lowest BCUT2D eigenvalue weighted by atomic mass is 10.1. The number of nitrogens with zero attached hydrogens (tertiary/aromatic N) is 2. The predicted octanol–water partition coefficient (Wildman–Crippen LogP) is 2.08. The van der Waals surface area contributed by atoms with Crippen molar-refractivity contribution in [1.82, 2.24) is 4.90 Å². The molecule has 1 aromatic rings. The lowest BCUT2D eigenvalue weighted by molar-refractivity contribution is -0.384. The summed E-state index contributed by atoms with van der Waals surface area (Å²) in [5, 5.41) is 14.4. The van der Waals surface area contributed by atoms with E-state index in [-0.39, 0.29) is 34.7 Å². The number of ether oxygens (including phenoxy) is 1. The van der Waals surface area contributed by atoms with Crippen LogP contribution in [0.2, 0.25) is 0 Å². The Morgan fingerprint density at radius 3 is 2.75 bits per heavy atom. The number of benzene rings is 1. The Hall–Kier alpha value is -2.20. The first-order valence-electron chi connectivity index (χ1n) is 9.31. The number of rotatable bonds is 10. The number of nitrogens with one attached hydrogen (secondary N) is 1. The molecule has 1 N–H and O–H groups in total. The van der Waals surface area contributed by atoms with Crippen LogP contribution in [0.15, 0.2) is 18.2 Å². The Labute approximate surface area is 165 Å². The predicted molar refractivity (Wildman–Crippen MR) is 106 cm³/mol. The number of sulfone groups is 1. The van der Waals surface area contributed by atoms with Crippen molar-refractivity contribution in [1.29, 1.82) is 0 Å². The smallest absolute Gasteiger partial charge is 0.293 e. The molecular formula is C18H27N3O6S. The van der Waals surface area contributed by atoms with E-state index in [1.807, 2.05) is 6.92 Å². The first-order chi connectivity index (χ1) is 13.3. The van der Waals surface area contributed by atoms with Gasteiger partial charge in [-0.25, -0.2) is 8.42 Å². The van der Waals surface area contributed by atoms with Crippen LogP contribution < -0.4 is 5.32 Å². The number of carbonyl (C=O) groups excluding carboxylic acids is 1. The van der Waals surface area contributed by atoms with E-state index >= 15 is 0 Å². The number of hydrogen-bond acceptors (Lipinski definition) is 7. The number of methoxy groups -OCH3 is 1. The summed E-state index contributed by atoms with van der Waals surface area (Å²) >= 11 is 0. The minimum absolute atomic E-state index is 0.0544. The molecule has 1 heterocycles. The zero-order valence-corrected chi connectivity index (χ0v) is 17.0. The molecule has 1 aliphatic heterocycles. The summed E-state index contributed by atoms with van der Waals surface area (Å²) in [7, 11) is -1.61. The number of hydrogen-bond donors (Lipinski definition) is 1. The first kappa shape index (κ1) is 22.1. The van der Waals surface area contributed by atoms with E-state index in [1.54, 1.807) is 4.90 Å². The SMILES string of the molecule is CCCCN(C(=O)c1ccc(NCCOC)c([N+](=O)[O-])c1)C1CCS(=O)(=O)C1. The van der Waals surface area contributed by atoms with Crippen LogP contribution in [0.5, 0.6) is 0 Å². The molecule has 0 aromatic heterocycles. The molecule has 10 heteroatoms. The fourth-order valence-corrected chi connectivity index (χ4v) is 4.95. The van der Waals surface area contributed by atoms with Crippen LogP contribution in [0, 0.1) is 10.1 Å². The van der Waals surface area contributed by atoms with Gasteiger partial charge in [0.15, 0.2) is 9.84 Å². The number of nitro benzene ring substituents is 1. The highest BCUT2D eigenvalue weighted by Crippen LogP contribution is 2.27. The molecule has 0 saturated carbocycles. The third-order valence-corrected chi connectivity index (χ3v) is 6.48. The average Bonchev–Trinajstić information content (AvgIpc) is 3.01. The molecule has 0 bridgehead atoms. The Morgan fingerprint density at radius 1 is 1.43 bits per heavy atom. The van der Waals surface area contributed by atoms with E-state index in [4.69, 9.17) is 4.74 Å². The molecule has 0 spiro atoms. The van der Waals surface area contributed by atoms with Crippen LogP contribution >= 0.6 is 0 Å². The molecule has 1 amide bonds. The van der Waals surface area contributed by atoms with Gasteiger partial charge in [0, 0.05) is 37.9 Å². The molecule has 1 fully saturated rings. The molecule has 0 radical (unpaired) electrons. The Kier molecular flexibility index (Phi) is 7.76. The lowest BCUT2D eigenvalue weighted by Gasteiger charge is -2.28. The first-order valence-corrected chi connectivity index (χ1v) is 11.1. The summed E-state index contributed by atoms with van der Waals surface area (Å²) in [5.74, 6) is -0.362. The van der Waals surface area contributed by atoms with E-state index < -0.39 is 14.8 Å². The highest BCUT2D eigenvalue weighted by atomic mass is 32.2. The normalized spacial score (nSPS) is 18.0. The van der Waals surface area contributed by atoms with Gasteiger partial charge in [0.1, 0.15) is 5.69 Å². The lowest BCUT2D eigenvalue weighted by Crippen LogP contribution is -2.41. The fraction of sp³-hybridized carbons (Fsp3) is 0.611. The second kappa shape index (κ2) is 9.83. The van der Waals surface area contributed by atoms with Crippen LogP contribution in [0.1, 0.15) is 36.5 Å². The topological polar surface area (TPSA) is 119 Å². The number of anilines is 1. The van der Waals surface area contributed by atoms with Crippen molar-refractivity contribution in [2.75, 3.05) is 43.6 Å². The average molecular weight is 413 g/mol. The van der Waals surface area contributed by atoms with Crippen molar-refractivity contribution in [3.8, 4) is 0 Å². The second-order valence-electron chi connectivity index (χ2n) is 6.82. The van der Waals surface area contributed by atoms with Crippen molar-refractivity contribution in [3.63, 3.8) is 0 Å². The summed E-state index contributed by atoms with van der Waals surface area (Å²) in [5.41, 5.74) is 0.294. The highest BCUT2D eigenvalue weighted by Gasteiger charge is 2.35. The minimum Gasteiger partial charge on any atom is -0.383 e. The van der Waals surface area contributed by atoms with Crippen molar-refractivity contribution >= 4 is 27.1 Å². The molecule has 9 nitrogen and oxygen atoms in total. The number of unbranched alkanes of at least 4 members (excludes halogenated alkanes) is 1. The van der Waals surface area contributed by atoms with Crippen LogP contribution in [0.25, 0.3) is 0 Å². The maximum Gasteiger partial charge on any atom is 0.293 e. The molecule has 1 saturated heterocycles. The molecule has 1 aromatic carbocycles. The summed E-state index contributed by atoms with van der Waals surface area (Å²) in [6.45, 7) is 3.20. The highest BCUT2D eigenvalue weighted by molar-refractivity contribution is 7.91. The molecule has 1 atom stereocenters. The molecule has 28 heavy (non-hydrogen) atoms. The van der Waals surface area contributed by atoms with Gasteiger partial charge in [-0.1, -0.05) is 13.3 Å². The quantitative estimate of drug-likeness (QED) is 0.354. The molecular weight excluding hydrogens is 386 g/mol. The van der Waals surface area contributed by atoms with Gasteiger partial charge >= 0.3 is 0 Å². The van der Waals surface area contributed by atoms with E-state index in [0.717, 1.165) is 12.8 Å². The van der Waals surface area contributed by atoms with Crippen molar-refractivity contribution in [3.05, 3.63) is 33.9 Å². The maximum absolute atomic E-state index is 13.1. The maximum atomic E-state index is 13.1. The zero-order valence-electron chi connectivity index (χ0n) is 16.2. The minimum atomic E-state index is -3.15. The van der Waals surface area contributed by atoms with E-state index in [9.17, 15) is 23.3 Å². The summed E-state index contributed by atoms with van der Waals surface area (Å²) < 4.78 is 28.6. The zero-order chi connectivity index (χ0) is 20.7. The van der Waals surface area contributed by atoms with Gasteiger partial charge in [-0.2, -0.15) is 0 Å². The van der Waals surface area contributed by atoms with Gasteiger partial charge in [-0.15, -0.1) is 0 Å². The molecule has 2 rings (SSSR count). The van der Waals surface area contributed by atoms with Crippen LogP contribution in [0.3, 0.4) is 0 Å². The monoisotopic (exact) mass is 413 g/mol. The van der Waals surface area contributed by atoms with Gasteiger partial charge in [0.25, 0.3) is 11.6 Å². The van der Waals surface area contributed by atoms with Crippen LogP contribution in [-0.2, 0) is 14.6 Å². The summed E-state index contributed by atoms with van der Waals surface area (Å²) in [4.78, 5) is 25.5. The Bertz CT molecular complexity index is 812. The second-order valence-corrected chi connectivity index (χ2v) is 9.05. The summed E-state index contributed by atoms with van der Waals surface area (Å²) in [6, 6.07) is 3.90. The van der Waals surface area contributed by atoms with Crippen molar-refractivity contribution < 1.29 is 22.9 Å². The Balaban J connectivity index is 2.27. The van der Waals surface area contributed by atoms with E-state index in [0.29, 0.717) is 31.8 Å². The van der Waals surface area contributed by atoms with E-state index in [2.05, 4.69) is 5.32 Å². The molecule has 1 aliphatic rings. The van der Waals surface area contributed by atoms with Crippen molar-refractivity contribution in [2.45, 2.75) is 32.2 Å². The number of amides is 1. The van der Waals surface area contributed by atoms with Gasteiger partial charge in [-0.05, 0) is 25.0 Å². The third kappa shape index (κ3) is 5.65. The van der Waals surface area contributed by atoms with Crippen molar-refractivity contribution in [2.24, 2.45) is 0 Å². The standard InChI is InChI=1S/C18H27N3O6S/c1-3-4-9-20(15-7-11-28(25,26)13-15)18(22)14-5-6-16(19-8-10-27-2)17(12-14)21(23)24/h5-6,12,15,19H,3-4,7-11,13H2,1-2H3. The van der Waals surface area contributed by atoms with Gasteiger partial charge in [0.05, 0.1) is 23.0 Å². The number of nitro groups is 1. The summed E-state index contributed by atoms with van der Waals surface area (Å²) in [6.07, 6.45) is 1.99. The number of carbonyl (C=O) groups is 1. The molecule has 1 unspecified atom stereocenters. The van der Waals surface area contributed by atoms with Crippen LogP contribution in [-0.4, -0.2) is 68.5 Å². The largest absolute Gasteiger partial charge is 0.383 e. The van der Waals surface area contributed by atoms with Crippen LogP contribution in [0.4, 0.5) is 11.4 Å². The molecule has 0 aliphatic carbocycles. The van der Waals surface area contributed by atoms with Gasteiger partial charge in [-0.3, -0.25) is 14.9 Å². The molecule has 156 valence electrons. The third-order valence-electron chi connectivity index (χ3n) is 4.73. The Morgan fingerprint density at radius 2 is 2.18 bits per heavy atom. The van der Waals surface area contributed by atoms with Gasteiger partial charge < -0.3 is 15.0 Å². The van der Waals surface area contributed by atoms with Gasteiger partial charge in [0.2, 0.25) is 0 Å².